The largest absolute Gasteiger partial charge is 0.479 e. The van der Waals surface area contributed by atoms with Gasteiger partial charge in [-0.25, -0.2) is 4.79 Å². The number of hydrogen-bond donors (Lipinski definition) is 14. The van der Waals surface area contributed by atoms with E-state index >= 15 is 0 Å². The van der Waals surface area contributed by atoms with E-state index in [9.17, 15) is 76.3 Å². The minimum Gasteiger partial charge on any atom is -0.479 e. The molecule has 0 amide bonds. The number of carboxylic acid groups (broad SMARTS) is 1. The van der Waals surface area contributed by atoms with E-state index in [1.807, 2.05) is 6.92 Å². The van der Waals surface area contributed by atoms with Crippen molar-refractivity contribution in [2.75, 3.05) is 19.8 Å². The van der Waals surface area contributed by atoms with Gasteiger partial charge in [0.15, 0.2) is 31.3 Å². The third-order valence-electron chi connectivity index (χ3n) is 21.6. The summed E-state index contributed by atoms with van der Waals surface area (Å²) in [5.41, 5.74) is -1.06. The maximum atomic E-state index is 12.6. The van der Waals surface area contributed by atoms with Gasteiger partial charge >= 0.3 is 5.97 Å². The summed E-state index contributed by atoms with van der Waals surface area (Å²) in [6.07, 6.45) is -26.2. The molecule has 0 aromatic carbocycles. The van der Waals surface area contributed by atoms with Gasteiger partial charge in [-0.2, -0.15) is 0 Å². The van der Waals surface area contributed by atoms with Crippen molar-refractivity contribution < 1.29 is 114 Å². The van der Waals surface area contributed by atoms with Crippen LogP contribution >= 0.6 is 0 Å². The molecule has 4 saturated carbocycles. The zero-order valence-corrected chi connectivity index (χ0v) is 45.4. The van der Waals surface area contributed by atoms with E-state index in [2.05, 4.69) is 47.6 Å². The number of ether oxygens (including phenoxy) is 8. The van der Waals surface area contributed by atoms with E-state index < -0.39 is 165 Å². The molecule has 5 aliphatic carbocycles. The minimum atomic E-state index is -2.11. The fourth-order valence-electron chi connectivity index (χ4n) is 16.6. The smallest absolute Gasteiger partial charge is 0.335 e. The Labute approximate surface area is 449 Å². The van der Waals surface area contributed by atoms with Gasteiger partial charge in [0.05, 0.1) is 38.1 Å². The molecule has 0 spiro atoms. The summed E-state index contributed by atoms with van der Waals surface area (Å²) >= 11 is 0. The van der Waals surface area contributed by atoms with Crippen molar-refractivity contribution in [2.24, 2.45) is 50.2 Å². The van der Waals surface area contributed by atoms with Crippen molar-refractivity contribution in [3.8, 4) is 0 Å². The van der Waals surface area contributed by atoms with E-state index in [4.69, 9.17) is 37.9 Å². The van der Waals surface area contributed by atoms with Crippen LogP contribution in [0.1, 0.15) is 113 Å². The molecule has 9 rings (SSSR count). The molecule has 23 heteroatoms. The van der Waals surface area contributed by atoms with E-state index in [1.54, 1.807) is 0 Å². The molecule has 4 heterocycles. The summed E-state index contributed by atoms with van der Waals surface area (Å²) < 4.78 is 48.9. The topological polar surface area (TPSA) is 374 Å². The second-order valence-corrected chi connectivity index (χ2v) is 26.4. The predicted octanol–water partition coefficient (Wildman–Crippen LogP) is -1.47. The Balaban J connectivity index is 0.978. The second kappa shape index (κ2) is 21.5. The van der Waals surface area contributed by atoms with E-state index in [-0.39, 0.29) is 46.0 Å². The highest BCUT2D eigenvalue weighted by Crippen LogP contribution is 2.76. The van der Waals surface area contributed by atoms with Crippen LogP contribution < -0.4 is 0 Å². The molecule has 0 radical (unpaired) electrons. The number of carbonyl (C=O) groups is 1. The molecular weight excluding hydrogens is 1020 g/mol. The predicted molar refractivity (Wildman–Crippen MR) is 263 cm³/mol. The SMILES string of the molecule is C[C@@H]1O[C@@H](O[C@H]2[C@H](O[C@H]3[C@H](O[C@H]4CC[C@@]5(C)[C@@H](CC[C@]6(C)[C@@H]5CC=C5[C@@H]7CC(C)(C)C[C@@H](O[C@H]8O[C@H](CO)[C@@H](O)[C@H](O)[C@H]8O)[C@]7(C)CC[C@]56C)[C@@]4(C)CO)O[C@H](C(=O)O)[C@@H](O)[C@@H]3O)O[C@H](CO)[C@H](O)[C@@H]2O)[C@H](O)[C@H](O)[C@H]1O. The monoisotopic (exact) mass is 1100 g/mol. The van der Waals surface area contributed by atoms with Crippen LogP contribution in [0.15, 0.2) is 11.6 Å². The zero-order chi connectivity index (χ0) is 56.4. The number of fused-ring (bicyclic) bond motifs is 7. The molecule has 0 unspecified atom stereocenters. The highest BCUT2D eigenvalue weighted by atomic mass is 16.8. The first-order valence-electron chi connectivity index (χ1n) is 27.8. The van der Waals surface area contributed by atoms with Gasteiger partial charge in [0.25, 0.3) is 0 Å². The van der Waals surface area contributed by atoms with Gasteiger partial charge < -0.3 is 109 Å². The van der Waals surface area contributed by atoms with Crippen LogP contribution in [0.3, 0.4) is 0 Å². The van der Waals surface area contributed by atoms with E-state index in [0.717, 1.165) is 32.1 Å². The molecule has 8 fully saturated rings. The summed E-state index contributed by atoms with van der Waals surface area (Å²) in [6.45, 7) is 15.3. The van der Waals surface area contributed by atoms with Crippen LogP contribution in [0, 0.1) is 50.2 Å². The number of rotatable bonds is 12. The van der Waals surface area contributed by atoms with Crippen LogP contribution in [0.4, 0.5) is 0 Å². The van der Waals surface area contributed by atoms with Gasteiger partial charge in [0.2, 0.25) is 0 Å². The van der Waals surface area contributed by atoms with Crippen LogP contribution in [0.5, 0.6) is 0 Å². The molecule has 14 N–H and O–H groups in total. The third kappa shape index (κ3) is 9.70. The standard InChI is InChI=1S/C54H88O23/c1-22-31(58)34(61)39(66)45(70-22)76-42-36(63)33(60)26(20-56)72-47(42)77-43-38(65)37(64)41(44(68)69)75-48(43)73-29-12-13-51(5)27(52(29,6)21-57)11-14-54(8)28(51)10-9-23-24-17-49(2,3)18-30(50(24,4)15-16-53(23,54)7)74-46-40(67)35(62)32(59)25(19-55)71-46/h9,22,24-43,45-48,55-67H,10-21H2,1-8H3,(H,68,69)/t22-,24-,25+,26+,27+,28+,29-,30+,31-,32+,33-,34+,35-,36-,37-,38-,39+,40+,41-,42+,43+,45-,46+,47-,48+,50+,51-,52+,53+,54+/m0/s1. The molecule has 442 valence electrons. The fourth-order valence-corrected chi connectivity index (χ4v) is 16.6. The molecule has 77 heavy (non-hydrogen) atoms. The van der Waals surface area contributed by atoms with Gasteiger partial charge in [-0.3, -0.25) is 0 Å². The number of carboxylic acids is 1. The van der Waals surface area contributed by atoms with Gasteiger partial charge in [-0.1, -0.05) is 60.1 Å². The molecule has 0 aromatic rings. The fraction of sp³-hybridized carbons (Fsp3) is 0.944. The molecule has 9 aliphatic rings. The molecule has 23 nitrogen and oxygen atoms in total. The summed E-state index contributed by atoms with van der Waals surface area (Å²) in [5, 5.41) is 151. The maximum absolute atomic E-state index is 12.6. The van der Waals surface area contributed by atoms with Gasteiger partial charge in [-0.05, 0) is 104 Å². The van der Waals surface area contributed by atoms with Crippen LogP contribution in [-0.2, 0) is 42.7 Å². The van der Waals surface area contributed by atoms with Gasteiger partial charge in [-0.15, -0.1) is 0 Å². The van der Waals surface area contributed by atoms with Gasteiger partial charge in [0, 0.05) is 10.8 Å². The first-order chi connectivity index (χ1) is 36.0. The Morgan fingerprint density at radius 1 is 0.558 bits per heavy atom. The lowest BCUT2D eigenvalue weighted by molar-refractivity contribution is -0.396. The Kier molecular flexibility index (Phi) is 16.8. The highest BCUT2D eigenvalue weighted by Gasteiger charge is 2.70. The molecule has 30 atom stereocenters. The lowest BCUT2D eigenvalue weighted by Gasteiger charge is -2.72. The molecule has 0 bridgehead atoms. The quantitative estimate of drug-likeness (QED) is 0.0783. The lowest BCUT2D eigenvalue weighted by atomic mass is 9.33. The summed E-state index contributed by atoms with van der Waals surface area (Å²) in [5.74, 6) is -1.57. The van der Waals surface area contributed by atoms with Crippen molar-refractivity contribution >= 4 is 5.97 Å². The number of aliphatic hydroxyl groups excluding tert-OH is 13. The van der Waals surface area contributed by atoms with Crippen molar-refractivity contribution in [1.82, 2.24) is 0 Å². The molecule has 0 aromatic heterocycles. The zero-order valence-electron chi connectivity index (χ0n) is 45.4. The van der Waals surface area contributed by atoms with Gasteiger partial charge in [0.1, 0.15) is 85.5 Å². The average molecular weight is 1110 g/mol. The van der Waals surface area contributed by atoms with Crippen LogP contribution in [0.25, 0.3) is 0 Å². The Hall–Kier alpha value is -1.63. The third-order valence-corrected chi connectivity index (χ3v) is 21.6. The number of allylic oxidation sites excluding steroid dienone is 2. The Morgan fingerprint density at radius 2 is 1.10 bits per heavy atom. The number of hydrogen-bond acceptors (Lipinski definition) is 22. The number of aliphatic carboxylic acids is 1. The molecular formula is C54H88O23. The van der Waals surface area contributed by atoms with Crippen molar-refractivity contribution in [1.29, 1.82) is 0 Å². The lowest BCUT2D eigenvalue weighted by Crippen LogP contribution is -2.68. The highest BCUT2D eigenvalue weighted by molar-refractivity contribution is 5.73. The summed E-state index contributed by atoms with van der Waals surface area (Å²) in [4.78, 5) is 12.6. The molecule has 4 aliphatic heterocycles. The normalized spacial score (nSPS) is 55.7. The Bertz CT molecular complexity index is 2130. The van der Waals surface area contributed by atoms with Crippen LogP contribution in [0.2, 0.25) is 0 Å². The van der Waals surface area contributed by atoms with E-state index in [1.165, 1.54) is 12.5 Å². The first kappa shape index (κ1) is 60.0. The van der Waals surface area contributed by atoms with Crippen molar-refractivity contribution in [3.05, 3.63) is 11.6 Å². The minimum absolute atomic E-state index is 0.0886. The summed E-state index contributed by atoms with van der Waals surface area (Å²) in [7, 11) is 0. The second-order valence-electron chi connectivity index (χ2n) is 26.4. The first-order valence-corrected chi connectivity index (χ1v) is 27.8. The van der Waals surface area contributed by atoms with Crippen LogP contribution in [-0.4, -0.2) is 232 Å². The summed E-state index contributed by atoms with van der Waals surface area (Å²) in [6, 6.07) is 0. The van der Waals surface area contributed by atoms with E-state index in [0.29, 0.717) is 25.7 Å². The number of aliphatic hydroxyl groups is 13. The van der Waals surface area contributed by atoms with Crippen molar-refractivity contribution in [2.45, 2.75) is 248 Å². The Morgan fingerprint density at radius 3 is 1.71 bits per heavy atom. The average Bonchev–Trinajstić information content (AvgIpc) is 3.58. The molecule has 4 saturated heterocycles. The maximum Gasteiger partial charge on any atom is 0.335 e. The van der Waals surface area contributed by atoms with Crippen molar-refractivity contribution in [3.63, 3.8) is 0 Å².